The Morgan fingerprint density at radius 3 is 2.71 bits per heavy atom. The van der Waals surface area contributed by atoms with Crippen LogP contribution in [0.25, 0.3) is 0 Å². The predicted octanol–water partition coefficient (Wildman–Crippen LogP) is 1.31. The van der Waals surface area contributed by atoms with Gasteiger partial charge in [-0.3, -0.25) is 0 Å². The number of hydrogen-bond acceptors (Lipinski definition) is 4. The number of nitriles is 1. The molecule has 1 unspecified atom stereocenters. The molecule has 0 saturated heterocycles. The quantitative estimate of drug-likeness (QED) is 0.689. The van der Waals surface area contributed by atoms with Crippen LogP contribution in [0.2, 0.25) is 0 Å². The Bertz CT molecular complexity index is 440. The van der Waals surface area contributed by atoms with E-state index in [-0.39, 0.29) is 29.4 Å². The average molecular weight is 237 g/mol. The van der Waals surface area contributed by atoms with E-state index in [1.54, 1.807) is 6.07 Å². The lowest BCUT2D eigenvalue weighted by atomic mass is 10.0. The Kier molecular flexibility index (Phi) is 4.44. The van der Waals surface area contributed by atoms with E-state index in [1.807, 2.05) is 13.8 Å². The van der Waals surface area contributed by atoms with E-state index in [2.05, 4.69) is 5.32 Å². The zero-order valence-corrected chi connectivity index (χ0v) is 9.87. The van der Waals surface area contributed by atoms with Gasteiger partial charge in [0.2, 0.25) is 0 Å². The Balaban J connectivity index is 2.96. The minimum atomic E-state index is -0.995. The molecule has 0 aromatic heterocycles. The van der Waals surface area contributed by atoms with Crippen LogP contribution in [0.1, 0.15) is 31.1 Å². The Morgan fingerprint density at radius 1 is 1.53 bits per heavy atom. The predicted molar refractivity (Wildman–Crippen MR) is 63.6 cm³/mol. The highest BCUT2D eigenvalue weighted by Gasteiger charge is 2.17. The van der Waals surface area contributed by atoms with E-state index < -0.39 is 11.9 Å². The van der Waals surface area contributed by atoms with Crippen LogP contribution in [0.3, 0.4) is 0 Å². The first-order chi connectivity index (χ1) is 7.97. The molecule has 17 heavy (non-hydrogen) atoms. The fourth-order valence-corrected chi connectivity index (χ4v) is 1.44. The van der Waals surface area contributed by atoms with Gasteiger partial charge in [-0.25, -0.2) is 4.39 Å². The lowest BCUT2D eigenvalue weighted by Crippen LogP contribution is -2.28. The third-order valence-electron chi connectivity index (χ3n) is 2.39. The van der Waals surface area contributed by atoms with Gasteiger partial charge in [-0.2, -0.15) is 5.26 Å². The topological polar surface area (TPSA) is 82.1 Å². The molecule has 4 nitrogen and oxygen atoms in total. The number of aliphatic hydroxyl groups is 1. The number of rotatable bonds is 4. The molecule has 0 fully saturated rings. The van der Waals surface area contributed by atoms with Crippen LogP contribution in [-0.2, 0) is 0 Å². The van der Waals surface area contributed by atoms with Gasteiger partial charge in [0.05, 0.1) is 11.8 Å². The molecular formula is C12H16FN3O. The van der Waals surface area contributed by atoms with E-state index >= 15 is 0 Å². The summed E-state index contributed by atoms with van der Waals surface area (Å²) in [4.78, 5) is 0. The van der Waals surface area contributed by atoms with Crippen molar-refractivity contribution < 1.29 is 9.50 Å². The Labute approximate surface area is 99.9 Å². The number of benzene rings is 1. The van der Waals surface area contributed by atoms with Gasteiger partial charge in [-0.15, -0.1) is 0 Å². The smallest absolute Gasteiger partial charge is 0.148 e. The number of nitrogens with one attached hydrogen (secondary N) is 1. The summed E-state index contributed by atoms with van der Waals surface area (Å²) in [5.74, 6) is -0.745. The summed E-state index contributed by atoms with van der Waals surface area (Å²) in [5.41, 5.74) is 5.42. The highest BCUT2D eigenvalue weighted by molar-refractivity contribution is 5.56. The Hall–Kier alpha value is -1.64. The van der Waals surface area contributed by atoms with Crippen LogP contribution < -0.4 is 11.1 Å². The second kappa shape index (κ2) is 5.62. The van der Waals surface area contributed by atoms with E-state index in [0.717, 1.165) is 0 Å². The monoisotopic (exact) mass is 237 g/mol. The van der Waals surface area contributed by atoms with E-state index in [0.29, 0.717) is 0 Å². The molecule has 0 aliphatic carbocycles. The molecule has 4 N–H and O–H groups in total. The van der Waals surface area contributed by atoms with Crippen molar-refractivity contribution in [2.75, 3.05) is 12.3 Å². The average Bonchev–Trinajstić information content (AvgIpc) is 2.26. The maximum Gasteiger partial charge on any atom is 0.148 e. The van der Waals surface area contributed by atoms with Gasteiger partial charge in [-0.05, 0) is 6.07 Å². The maximum absolute atomic E-state index is 13.8. The normalized spacial score (nSPS) is 12.5. The summed E-state index contributed by atoms with van der Waals surface area (Å²) >= 11 is 0. The summed E-state index contributed by atoms with van der Waals surface area (Å²) in [6.07, 6.45) is -0.995. The second-order valence-electron chi connectivity index (χ2n) is 4.12. The van der Waals surface area contributed by atoms with Crippen LogP contribution in [-0.4, -0.2) is 17.7 Å². The fraction of sp³-hybridized carbons (Fsp3) is 0.417. The van der Waals surface area contributed by atoms with Crippen molar-refractivity contribution in [2.24, 2.45) is 0 Å². The molecule has 0 bridgehead atoms. The number of aliphatic hydroxyl groups excluding tert-OH is 1. The molecule has 92 valence electrons. The standard InChI is InChI=1S/C12H16FN3O/c1-7(2)16-6-11(17)8-3-4-10(15)9(5-14)12(8)13/h3-4,7,11,16-17H,6,15H2,1-2H3. The van der Waals surface area contributed by atoms with Gasteiger partial charge in [0.1, 0.15) is 17.4 Å². The third kappa shape index (κ3) is 3.16. The minimum absolute atomic E-state index is 0.0813. The minimum Gasteiger partial charge on any atom is -0.398 e. The SMILES string of the molecule is CC(C)NCC(O)c1ccc(N)c(C#N)c1F. The van der Waals surface area contributed by atoms with Crippen molar-refractivity contribution in [3.63, 3.8) is 0 Å². The van der Waals surface area contributed by atoms with Gasteiger partial charge in [0, 0.05) is 18.2 Å². The number of hydrogen-bond donors (Lipinski definition) is 3. The zero-order valence-electron chi connectivity index (χ0n) is 9.87. The number of nitrogens with two attached hydrogens (primary N) is 1. The van der Waals surface area contributed by atoms with Crippen molar-refractivity contribution in [3.05, 3.63) is 29.1 Å². The number of halogens is 1. The van der Waals surface area contributed by atoms with Crippen molar-refractivity contribution in [1.82, 2.24) is 5.32 Å². The summed E-state index contributed by atoms with van der Waals surface area (Å²) < 4.78 is 13.8. The largest absolute Gasteiger partial charge is 0.398 e. The first-order valence-electron chi connectivity index (χ1n) is 5.36. The molecular weight excluding hydrogens is 221 g/mol. The van der Waals surface area contributed by atoms with Crippen LogP contribution in [0.5, 0.6) is 0 Å². The number of nitrogen functional groups attached to an aromatic ring is 1. The van der Waals surface area contributed by atoms with Gasteiger partial charge in [0.15, 0.2) is 0 Å². The third-order valence-corrected chi connectivity index (χ3v) is 2.39. The highest BCUT2D eigenvalue weighted by atomic mass is 19.1. The molecule has 1 atom stereocenters. The first kappa shape index (κ1) is 13.4. The summed E-state index contributed by atoms with van der Waals surface area (Å²) in [6.45, 7) is 4.07. The fourth-order valence-electron chi connectivity index (χ4n) is 1.44. The Morgan fingerprint density at radius 2 is 2.18 bits per heavy atom. The van der Waals surface area contributed by atoms with Crippen LogP contribution in [0.4, 0.5) is 10.1 Å². The van der Waals surface area contributed by atoms with Gasteiger partial charge < -0.3 is 16.2 Å². The van der Waals surface area contributed by atoms with Crippen molar-refractivity contribution >= 4 is 5.69 Å². The summed E-state index contributed by atoms with van der Waals surface area (Å²) in [6, 6.07) is 4.71. The van der Waals surface area contributed by atoms with Crippen molar-refractivity contribution in [2.45, 2.75) is 26.0 Å². The summed E-state index contributed by atoms with van der Waals surface area (Å²) in [5, 5.41) is 21.6. The molecule has 1 aromatic rings. The van der Waals surface area contributed by atoms with E-state index in [9.17, 15) is 9.50 Å². The second-order valence-corrected chi connectivity index (χ2v) is 4.12. The molecule has 0 amide bonds. The molecule has 0 radical (unpaired) electrons. The highest BCUT2D eigenvalue weighted by Crippen LogP contribution is 2.23. The number of anilines is 1. The molecule has 1 rings (SSSR count). The molecule has 0 saturated carbocycles. The molecule has 5 heteroatoms. The van der Waals surface area contributed by atoms with Gasteiger partial charge >= 0.3 is 0 Å². The van der Waals surface area contributed by atoms with Crippen LogP contribution >= 0.6 is 0 Å². The first-order valence-corrected chi connectivity index (χ1v) is 5.36. The molecule has 0 heterocycles. The summed E-state index contributed by atoms with van der Waals surface area (Å²) in [7, 11) is 0. The van der Waals surface area contributed by atoms with Crippen molar-refractivity contribution in [3.8, 4) is 6.07 Å². The van der Waals surface area contributed by atoms with E-state index in [1.165, 1.54) is 12.1 Å². The zero-order chi connectivity index (χ0) is 13.0. The van der Waals surface area contributed by atoms with Gasteiger partial charge in [-0.1, -0.05) is 19.9 Å². The molecule has 1 aromatic carbocycles. The van der Waals surface area contributed by atoms with Gasteiger partial charge in [0.25, 0.3) is 0 Å². The number of nitrogens with zero attached hydrogens (tertiary/aromatic N) is 1. The lowest BCUT2D eigenvalue weighted by molar-refractivity contribution is 0.167. The molecule has 0 aliphatic rings. The van der Waals surface area contributed by atoms with Crippen molar-refractivity contribution in [1.29, 1.82) is 5.26 Å². The lowest BCUT2D eigenvalue weighted by Gasteiger charge is -2.16. The van der Waals surface area contributed by atoms with E-state index in [4.69, 9.17) is 11.0 Å². The molecule has 0 spiro atoms. The molecule has 0 aliphatic heterocycles. The van der Waals surface area contributed by atoms with Crippen LogP contribution in [0.15, 0.2) is 12.1 Å². The maximum atomic E-state index is 13.8. The van der Waals surface area contributed by atoms with Crippen LogP contribution in [0, 0.1) is 17.1 Å².